The zero-order valence-corrected chi connectivity index (χ0v) is 14.0. The summed E-state index contributed by atoms with van der Waals surface area (Å²) in [6.45, 7) is 0. The maximum absolute atomic E-state index is 4.92. The van der Waals surface area contributed by atoms with E-state index in [-0.39, 0.29) is 0 Å². The van der Waals surface area contributed by atoms with Crippen LogP contribution in [-0.2, 0) is 14.1 Å². The molecule has 0 amide bonds. The van der Waals surface area contributed by atoms with Crippen LogP contribution in [0.2, 0.25) is 0 Å². The van der Waals surface area contributed by atoms with E-state index in [0.29, 0.717) is 11.8 Å². The molecule has 0 aliphatic heterocycles. The minimum atomic E-state index is 0.456. The fourth-order valence-electron chi connectivity index (χ4n) is 4.11. The first-order chi connectivity index (χ1) is 11.7. The summed E-state index contributed by atoms with van der Waals surface area (Å²) in [5.41, 5.74) is 4.60. The third kappa shape index (κ3) is 1.80. The van der Waals surface area contributed by atoms with Gasteiger partial charge in [-0.15, -0.1) is 0 Å². The maximum atomic E-state index is 4.92. The molecule has 1 saturated carbocycles. The minimum Gasteiger partial charge on any atom is -0.331 e. The summed E-state index contributed by atoms with van der Waals surface area (Å²) < 4.78 is 4.52. The number of hydrogen-bond donors (Lipinski definition) is 0. The molecule has 0 N–H and O–H groups in total. The molecule has 2 atom stereocenters. The summed E-state index contributed by atoms with van der Waals surface area (Å²) in [6.07, 6.45) is 2.37. The van der Waals surface area contributed by atoms with Gasteiger partial charge in [-0.2, -0.15) is 0 Å². The van der Waals surface area contributed by atoms with Crippen LogP contribution in [-0.4, -0.2) is 19.1 Å². The Kier molecular flexibility index (Phi) is 2.84. The first-order valence-corrected chi connectivity index (χ1v) is 8.57. The van der Waals surface area contributed by atoms with Gasteiger partial charge in [-0.3, -0.25) is 0 Å². The van der Waals surface area contributed by atoms with Crippen molar-refractivity contribution < 1.29 is 0 Å². The molecule has 5 rings (SSSR count). The summed E-state index contributed by atoms with van der Waals surface area (Å²) in [5.74, 6) is 3.30. The van der Waals surface area contributed by atoms with Crippen LogP contribution in [0, 0.1) is 0 Å². The molecule has 2 aromatic carbocycles. The average Bonchev–Trinajstić information content (AvgIpc) is 3.06. The van der Waals surface area contributed by atoms with Crippen LogP contribution in [0.5, 0.6) is 0 Å². The van der Waals surface area contributed by atoms with Crippen molar-refractivity contribution in [1.82, 2.24) is 19.1 Å². The molecule has 2 heterocycles. The standard InChI is InChI=1S/C20H20N4/c1-23-17-9-5-3-7-15(17)21-19(23)13-11-12-14(13)20-22-16-8-4-6-10-18(16)24(20)2/h3-10,13-14H,11-12H2,1-2H3. The van der Waals surface area contributed by atoms with Crippen molar-refractivity contribution >= 4 is 22.1 Å². The largest absolute Gasteiger partial charge is 0.331 e. The molecule has 4 aromatic rings. The topological polar surface area (TPSA) is 35.6 Å². The fraction of sp³-hybridized carbons (Fsp3) is 0.300. The molecule has 0 spiro atoms. The Bertz CT molecular complexity index is 970. The van der Waals surface area contributed by atoms with Gasteiger partial charge in [0.1, 0.15) is 11.6 Å². The Morgan fingerprint density at radius 1 is 0.708 bits per heavy atom. The van der Waals surface area contributed by atoms with Gasteiger partial charge in [0.05, 0.1) is 22.1 Å². The highest BCUT2D eigenvalue weighted by Crippen LogP contribution is 2.49. The Labute approximate surface area is 140 Å². The second kappa shape index (κ2) is 4.94. The van der Waals surface area contributed by atoms with Gasteiger partial charge in [-0.1, -0.05) is 24.3 Å². The van der Waals surface area contributed by atoms with E-state index >= 15 is 0 Å². The summed E-state index contributed by atoms with van der Waals surface area (Å²) in [7, 11) is 4.27. The molecule has 0 bridgehead atoms. The Hall–Kier alpha value is -2.62. The maximum Gasteiger partial charge on any atom is 0.113 e. The van der Waals surface area contributed by atoms with Gasteiger partial charge >= 0.3 is 0 Å². The Morgan fingerprint density at radius 3 is 1.50 bits per heavy atom. The average molecular weight is 316 g/mol. The summed E-state index contributed by atoms with van der Waals surface area (Å²) in [6, 6.07) is 16.8. The van der Waals surface area contributed by atoms with Crippen molar-refractivity contribution in [3.8, 4) is 0 Å². The number of aryl methyl sites for hydroxylation is 2. The van der Waals surface area contributed by atoms with E-state index in [0.717, 1.165) is 11.0 Å². The fourth-order valence-corrected chi connectivity index (χ4v) is 4.11. The second-order valence-corrected chi connectivity index (χ2v) is 6.83. The van der Waals surface area contributed by atoms with Crippen molar-refractivity contribution in [1.29, 1.82) is 0 Å². The Balaban J connectivity index is 1.60. The lowest BCUT2D eigenvalue weighted by Gasteiger charge is -2.35. The first-order valence-electron chi connectivity index (χ1n) is 8.57. The summed E-state index contributed by atoms with van der Waals surface area (Å²) in [4.78, 5) is 9.84. The van der Waals surface area contributed by atoms with Crippen molar-refractivity contribution in [2.24, 2.45) is 14.1 Å². The van der Waals surface area contributed by atoms with Crippen molar-refractivity contribution in [3.63, 3.8) is 0 Å². The summed E-state index contributed by atoms with van der Waals surface area (Å²) in [5, 5.41) is 0. The van der Waals surface area contributed by atoms with Crippen LogP contribution < -0.4 is 0 Å². The van der Waals surface area contributed by atoms with Gasteiger partial charge < -0.3 is 9.13 Å². The Morgan fingerprint density at radius 2 is 1.12 bits per heavy atom. The number of imidazole rings is 2. The van der Waals surface area contributed by atoms with Crippen LogP contribution in [0.4, 0.5) is 0 Å². The van der Waals surface area contributed by atoms with Crippen LogP contribution in [0.25, 0.3) is 22.1 Å². The van der Waals surface area contributed by atoms with Gasteiger partial charge in [-0.25, -0.2) is 9.97 Å². The molecular formula is C20H20N4. The van der Waals surface area contributed by atoms with Gasteiger partial charge in [0.25, 0.3) is 0 Å². The van der Waals surface area contributed by atoms with Gasteiger partial charge in [-0.05, 0) is 37.1 Å². The second-order valence-electron chi connectivity index (χ2n) is 6.83. The highest BCUT2D eigenvalue weighted by Gasteiger charge is 2.39. The molecule has 0 radical (unpaired) electrons. The number of nitrogens with zero attached hydrogens (tertiary/aromatic N) is 4. The van der Waals surface area contributed by atoms with E-state index in [2.05, 4.69) is 71.8 Å². The van der Waals surface area contributed by atoms with E-state index in [1.54, 1.807) is 0 Å². The van der Waals surface area contributed by atoms with Crippen LogP contribution >= 0.6 is 0 Å². The lowest BCUT2D eigenvalue weighted by molar-refractivity contribution is 0.310. The van der Waals surface area contributed by atoms with E-state index in [1.165, 1.54) is 35.5 Å². The predicted molar refractivity (Wildman–Crippen MR) is 96.1 cm³/mol. The molecule has 4 nitrogen and oxygen atoms in total. The lowest BCUT2D eigenvalue weighted by Crippen LogP contribution is -2.26. The van der Waals surface area contributed by atoms with Crippen molar-refractivity contribution in [2.45, 2.75) is 24.7 Å². The quantitative estimate of drug-likeness (QED) is 0.557. The molecule has 2 aromatic heterocycles. The molecule has 1 fully saturated rings. The molecule has 1 aliphatic carbocycles. The number of benzene rings is 2. The molecule has 0 saturated heterocycles. The molecule has 24 heavy (non-hydrogen) atoms. The third-order valence-electron chi connectivity index (χ3n) is 5.58. The normalized spacial score (nSPS) is 20.6. The van der Waals surface area contributed by atoms with Crippen molar-refractivity contribution in [3.05, 3.63) is 60.2 Å². The van der Waals surface area contributed by atoms with Crippen LogP contribution in [0.3, 0.4) is 0 Å². The predicted octanol–water partition coefficient (Wildman–Crippen LogP) is 4.12. The van der Waals surface area contributed by atoms with Gasteiger partial charge in [0, 0.05) is 25.9 Å². The third-order valence-corrected chi connectivity index (χ3v) is 5.58. The first kappa shape index (κ1) is 13.8. The highest BCUT2D eigenvalue weighted by molar-refractivity contribution is 5.77. The van der Waals surface area contributed by atoms with E-state index < -0.39 is 0 Å². The van der Waals surface area contributed by atoms with E-state index in [1.807, 2.05) is 0 Å². The lowest BCUT2D eigenvalue weighted by atomic mass is 9.72. The summed E-state index contributed by atoms with van der Waals surface area (Å²) >= 11 is 0. The van der Waals surface area contributed by atoms with E-state index in [9.17, 15) is 0 Å². The SMILES string of the molecule is Cn1c(C2CCC2c2nc3ccccc3n2C)nc2ccccc21. The minimum absolute atomic E-state index is 0.456. The molecule has 1 aliphatic rings. The van der Waals surface area contributed by atoms with E-state index in [4.69, 9.17) is 9.97 Å². The molecule has 4 heteroatoms. The molecule has 120 valence electrons. The van der Waals surface area contributed by atoms with Crippen LogP contribution in [0.15, 0.2) is 48.5 Å². The number of rotatable bonds is 2. The highest BCUT2D eigenvalue weighted by atomic mass is 15.1. The van der Waals surface area contributed by atoms with Crippen LogP contribution in [0.1, 0.15) is 36.3 Å². The number of para-hydroxylation sites is 4. The molecular weight excluding hydrogens is 296 g/mol. The number of fused-ring (bicyclic) bond motifs is 2. The van der Waals surface area contributed by atoms with Gasteiger partial charge in [0.15, 0.2) is 0 Å². The van der Waals surface area contributed by atoms with Gasteiger partial charge in [0.2, 0.25) is 0 Å². The smallest absolute Gasteiger partial charge is 0.113 e. The monoisotopic (exact) mass is 316 g/mol. The zero-order chi connectivity index (χ0) is 16.3. The number of aromatic nitrogens is 4. The molecule has 2 unspecified atom stereocenters. The van der Waals surface area contributed by atoms with Crippen molar-refractivity contribution in [2.75, 3.05) is 0 Å². The zero-order valence-electron chi connectivity index (χ0n) is 14.0. The number of hydrogen-bond acceptors (Lipinski definition) is 2.